The summed E-state index contributed by atoms with van der Waals surface area (Å²) in [6.45, 7) is 4.51. The van der Waals surface area contributed by atoms with Gasteiger partial charge < -0.3 is 39.4 Å². The molecule has 1 rings (SSSR count). The van der Waals surface area contributed by atoms with Crippen LogP contribution in [0.2, 0.25) is 0 Å². The molecule has 1 fully saturated rings. The number of carbonyl (C=O) groups excluding carboxylic acids is 1. The van der Waals surface area contributed by atoms with Gasteiger partial charge in [0, 0.05) is 13.0 Å². The Bertz CT molecular complexity index is 957. The number of unbranched alkanes of at least 4 members (excludes halogenated alkanes) is 28. The largest absolute Gasteiger partial charge is 0.457 e. The lowest BCUT2D eigenvalue weighted by atomic mass is 9.99. The Morgan fingerprint density at radius 3 is 1.53 bits per heavy atom. The van der Waals surface area contributed by atoms with Crippen LogP contribution in [0.5, 0.6) is 0 Å². The second kappa shape index (κ2) is 42.0. The van der Waals surface area contributed by atoms with Crippen LogP contribution < -0.4 is 0 Å². The SMILES string of the molecule is CCC/C=C\C/C=C\CCCCCCCC(=O)OC(COCCCCCCCCCCCCCCCCCCCCCCCCC)COC1OC(CO)C(O)C(O)C1O. The Kier molecular flexibility index (Phi) is 39.6. The van der Waals surface area contributed by atoms with E-state index < -0.39 is 43.4 Å². The van der Waals surface area contributed by atoms with Gasteiger partial charge in [0.15, 0.2) is 6.29 Å². The van der Waals surface area contributed by atoms with E-state index in [1.165, 1.54) is 141 Å². The molecule has 1 aliphatic rings. The lowest BCUT2D eigenvalue weighted by Gasteiger charge is -2.39. The molecule has 0 spiro atoms. The summed E-state index contributed by atoms with van der Waals surface area (Å²) in [6, 6.07) is 0. The average Bonchev–Trinajstić information content (AvgIpc) is 3.24. The zero-order valence-electron chi connectivity index (χ0n) is 38.3. The molecule has 0 aromatic carbocycles. The maximum absolute atomic E-state index is 12.8. The highest BCUT2D eigenvalue weighted by Crippen LogP contribution is 2.23. The molecule has 4 N–H and O–H groups in total. The summed E-state index contributed by atoms with van der Waals surface area (Å²) in [5.41, 5.74) is 0. The number of hydrogen-bond acceptors (Lipinski definition) is 9. The Balaban J connectivity index is 2.16. The van der Waals surface area contributed by atoms with Gasteiger partial charge in [-0.05, 0) is 38.5 Å². The van der Waals surface area contributed by atoms with Gasteiger partial charge in [0.1, 0.15) is 30.5 Å². The summed E-state index contributed by atoms with van der Waals surface area (Å²) in [7, 11) is 0. The maximum Gasteiger partial charge on any atom is 0.306 e. The smallest absolute Gasteiger partial charge is 0.306 e. The molecule has 1 heterocycles. The fraction of sp³-hybridized carbons (Fsp3) is 0.900. The Hall–Kier alpha value is -1.33. The van der Waals surface area contributed by atoms with Gasteiger partial charge in [0.25, 0.3) is 0 Å². The van der Waals surface area contributed by atoms with Crippen molar-refractivity contribution < 1.29 is 44.2 Å². The van der Waals surface area contributed by atoms with Gasteiger partial charge in [0.2, 0.25) is 0 Å². The molecule has 0 radical (unpaired) electrons. The normalized spacial score (nSPS) is 20.3. The van der Waals surface area contributed by atoms with E-state index in [0.717, 1.165) is 64.2 Å². The summed E-state index contributed by atoms with van der Waals surface area (Å²) in [6.07, 6.45) is 42.2. The molecule has 0 aromatic heterocycles. The summed E-state index contributed by atoms with van der Waals surface area (Å²) < 4.78 is 22.8. The fourth-order valence-corrected chi connectivity index (χ4v) is 7.71. The summed E-state index contributed by atoms with van der Waals surface area (Å²) in [5.74, 6) is -0.324. The van der Waals surface area contributed by atoms with E-state index in [9.17, 15) is 25.2 Å². The van der Waals surface area contributed by atoms with Crippen molar-refractivity contribution in [1.82, 2.24) is 0 Å². The molecule has 6 unspecified atom stereocenters. The molecule has 0 aliphatic carbocycles. The van der Waals surface area contributed by atoms with Crippen LogP contribution in [-0.2, 0) is 23.7 Å². The number of carbonyl (C=O) groups is 1. The van der Waals surface area contributed by atoms with Crippen LogP contribution in [0.3, 0.4) is 0 Å². The van der Waals surface area contributed by atoms with Gasteiger partial charge in [-0.1, -0.05) is 205 Å². The van der Waals surface area contributed by atoms with Crippen LogP contribution >= 0.6 is 0 Å². The molecular weight excluding hydrogens is 745 g/mol. The molecular formula is C50H94O9. The molecule has 0 bridgehead atoms. The van der Waals surface area contributed by atoms with E-state index in [1.807, 2.05) is 0 Å². The molecule has 348 valence electrons. The number of ether oxygens (including phenoxy) is 4. The van der Waals surface area contributed by atoms with Crippen molar-refractivity contribution in [3.05, 3.63) is 24.3 Å². The first-order chi connectivity index (χ1) is 28.9. The Morgan fingerprint density at radius 1 is 0.542 bits per heavy atom. The quantitative estimate of drug-likeness (QED) is 0.0269. The van der Waals surface area contributed by atoms with Crippen LogP contribution in [0.4, 0.5) is 0 Å². The first kappa shape index (κ1) is 55.7. The highest BCUT2D eigenvalue weighted by atomic mass is 16.7. The zero-order valence-corrected chi connectivity index (χ0v) is 38.3. The Morgan fingerprint density at radius 2 is 1.02 bits per heavy atom. The van der Waals surface area contributed by atoms with E-state index in [1.54, 1.807) is 0 Å². The van der Waals surface area contributed by atoms with Gasteiger partial charge in [-0.2, -0.15) is 0 Å². The van der Waals surface area contributed by atoms with Crippen LogP contribution in [0.25, 0.3) is 0 Å². The third-order valence-electron chi connectivity index (χ3n) is 11.6. The highest BCUT2D eigenvalue weighted by Gasteiger charge is 2.44. The number of esters is 1. The fourth-order valence-electron chi connectivity index (χ4n) is 7.71. The number of hydrogen-bond donors (Lipinski definition) is 4. The van der Waals surface area contributed by atoms with Crippen molar-refractivity contribution in [1.29, 1.82) is 0 Å². The van der Waals surface area contributed by atoms with E-state index in [-0.39, 0.29) is 19.2 Å². The molecule has 1 saturated heterocycles. The molecule has 9 nitrogen and oxygen atoms in total. The van der Waals surface area contributed by atoms with E-state index >= 15 is 0 Å². The minimum Gasteiger partial charge on any atom is -0.457 e. The predicted octanol–water partition coefficient (Wildman–Crippen LogP) is 11.8. The van der Waals surface area contributed by atoms with Gasteiger partial charge >= 0.3 is 5.97 Å². The molecule has 59 heavy (non-hydrogen) atoms. The highest BCUT2D eigenvalue weighted by molar-refractivity contribution is 5.69. The number of rotatable bonds is 43. The van der Waals surface area contributed by atoms with E-state index in [2.05, 4.69) is 38.2 Å². The van der Waals surface area contributed by atoms with Crippen LogP contribution in [-0.4, -0.2) is 89.6 Å². The number of aliphatic hydroxyl groups excluding tert-OH is 4. The Labute approximate surface area is 362 Å². The molecule has 1 aliphatic heterocycles. The summed E-state index contributed by atoms with van der Waals surface area (Å²) >= 11 is 0. The first-order valence-electron chi connectivity index (χ1n) is 24.9. The van der Waals surface area contributed by atoms with Crippen molar-refractivity contribution in [2.75, 3.05) is 26.4 Å². The molecule has 0 aromatic rings. The monoisotopic (exact) mass is 839 g/mol. The van der Waals surface area contributed by atoms with Gasteiger partial charge in [0.05, 0.1) is 19.8 Å². The van der Waals surface area contributed by atoms with Crippen molar-refractivity contribution >= 4 is 5.97 Å². The second-order valence-electron chi connectivity index (χ2n) is 17.3. The second-order valence-corrected chi connectivity index (χ2v) is 17.3. The van der Waals surface area contributed by atoms with Crippen LogP contribution in [0.1, 0.15) is 226 Å². The number of allylic oxidation sites excluding steroid dienone is 4. The molecule has 9 heteroatoms. The molecule has 6 atom stereocenters. The van der Waals surface area contributed by atoms with E-state index in [0.29, 0.717) is 13.0 Å². The van der Waals surface area contributed by atoms with Crippen molar-refractivity contribution in [2.45, 2.75) is 263 Å². The number of aliphatic hydroxyl groups is 4. The topological polar surface area (TPSA) is 135 Å². The van der Waals surface area contributed by atoms with Crippen molar-refractivity contribution in [3.8, 4) is 0 Å². The van der Waals surface area contributed by atoms with Gasteiger partial charge in [-0.25, -0.2) is 0 Å². The van der Waals surface area contributed by atoms with Crippen LogP contribution in [0, 0.1) is 0 Å². The lowest BCUT2D eigenvalue weighted by molar-refractivity contribution is -0.305. The standard InChI is InChI=1S/C50H94O9/c1-3-5-7-9-11-13-15-17-18-19-20-21-22-23-24-25-26-28-30-32-34-36-38-40-56-42-44(43-57-50-49(55)48(54)47(53)45(41-51)59-50)58-46(52)39-37-35-33-31-29-27-16-14-12-10-8-6-4-2/h8,10,14,16,44-45,47-51,53-55H,3-7,9,11-13,15,17-43H2,1-2H3/b10-8-,16-14-. The van der Waals surface area contributed by atoms with Crippen LogP contribution in [0.15, 0.2) is 24.3 Å². The van der Waals surface area contributed by atoms with Crippen molar-refractivity contribution in [3.63, 3.8) is 0 Å². The maximum atomic E-state index is 12.8. The first-order valence-corrected chi connectivity index (χ1v) is 24.9. The van der Waals surface area contributed by atoms with Gasteiger partial charge in [-0.3, -0.25) is 4.79 Å². The zero-order chi connectivity index (χ0) is 42.9. The lowest BCUT2D eigenvalue weighted by Crippen LogP contribution is -2.59. The molecule has 0 saturated carbocycles. The third kappa shape index (κ3) is 33.0. The van der Waals surface area contributed by atoms with Crippen molar-refractivity contribution in [2.24, 2.45) is 0 Å². The average molecular weight is 839 g/mol. The third-order valence-corrected chi connectivity index (χ3v) is 11.6. The predicted molar refractivity (Wildman–Crippen MR) is 242 cm³/mol. The summed E-state index contributed by atoms with van der Waals surface area (Å²) in [4.78, 5) is 12.8. The van der Waals surface area contributed by atoms with Gasteiger partial charge in [-0.15, -0.1) is 0 Å². The van der Waals surface area contributed by atoms with E-state index in [4.69, 9.17) is 18.9 Å². The molecule has 0 amide bonds. The summed E-state index contributed by atoms with van der Waals surface area (Å²) in [5, 5.41) is 40.2. The minimum atomic E-state index is -1.54. The minimum absolute atomic E-state index is 0.115.